The number of rotatable bonds is 6. The van der Waals surface area contributed by atoms with E-state index in [-0.39, 0.29) is 5.54 Å². The van der Waals surface area contributed by atoms with E-state index in [9.17, 15) is 0 Å². The van der Waals surface area contributed by atoms with Crippen molar-refractivity contribution in [1.29, 1.82) is 0 Å². The van der Waals surface area contributed by atoms with Crippen LogP contribution in [0, 0.1) is 5.92 Å². The van der Waals surface area contributed by atoms with Crippen molar-refractivity contribution in [1.82, 2.24) is 5.32 Å². The molecule has 0 spiro atoms. The molecule has 0 aliphatic heterocycles. The number of anilines is 1. The third-order valence-electron chi connectivity index (χ3n) is 3.33. The first kappa shape index (κ1) is 17.5. The van der Waals surface area contributed by atoms with E-state index < -0.39 is 0 Å². The smallest absolute Gasteiger partial charge is 0.0375 e. The molecule has 1 rings (SSSR count). The van der Waals surface area contributed by atoms with E-state index in [1.165, 1.54) is 22.1 Å². The zero-order valence-electron chi connectivity index (χ0n) is 13.8. The average molecular weight is 341 g/mol. The molecule has 0 heterocycles. The molecule has 114 valence electrons. The quantitative estimate of drug-likeness (QED) is 0.798. The van der Waals surface area contributed by atoms with Gasteiger partial charge in [0.2, 0.25) is 0 Å². The highest BCUT2D eigenvalue weighted by Gasteiger charge is 2.11. The molecule has 1 aromatic rings. The van der Waals surface area contributed by atoms with Gasteiger partial charge in [-0.25, -0.2) is 0 Å². The molecule has 1 N–H and O–H groups in total. The Hall–Kier alpha value is -0.540. The van der Waals surface area contributed by atoms with Gasteiger partial charge >= 0.3 is 0 Å². The second-order valence-corrected chi connectivity index (χ2v) is 7.84. The highest BCUT2D eigenvalue weighted by Crippen LogP contribution is 2.24. The predicted octanol–water partition coefficient (Wildman–Crippen LogP) is 4.82. The molecule has 3 heteroatoms. The molecule has 0 fully saturated rings. The summed E-state index contributed by atoms with van der Waals surface area (Å²) in [5, 5.41) is 3.52. The Morgan fingerprint density at radius 3 is 2.40 bits per heavy atom. The third kappa shape index (κ3) is 6.27. The van der Waals surface area contributed by atoms with E-state index in [1.807, 2.05) is 0 Å². The fourth-order valence-corrected chi connectivity index (χ4v) is 2.37. The van der Waals surface area contributed by atoms with Crippen molar-refractivity contribution >= 4 is 21.6 Å². The van der Waals surface area contributed by atoms with Crippen LogP contribution in [0.2, 0.25) is 0 Å². The van der Waals surface area contributed by atoms with Crippen LogP contribution in [-0.2, 0) is 6.54 Å². The molecule has 0 aromatic heterocycles. The van der Waals surface area contributed by atoms with Crippen molar-refractivity contribution in [3.8, 4) is 0 Å². The van der Waals surface area contributed by atoms with Crippen LogP contribution in [0.25, 0.3) is 0 Å². The van der Waals surface area contributed by atoms with Gasteiger partial charge in [-0.05, 0) is 50.8 Å². The van der Waals surface area contributed by atoms with E-state index in [4.69, 9.17) is 0 Å². The van der Waals surface area contributed by atoms with Crippen LogP contribution in [0.1, 0.15) is 46.6 Å². The van der Waals surface area contributed by atoms with Crippen LogP contribution in [0.4, 0.5) is 5.69 Å². The van der Waals surface area contributed by atoms with E-state index in [0.717, 1.165) is 19.0 Å². The largest absolute Gasteiger partial charge is 0.375 e. The standard InChI is InChI=1S/C17H29BrN2/c1-13(2)9-10-20(6)15-8-7-14(16(18)11-15)12-19-17(3,4)5/h7-8,11,13,19H,9-10,12H2,1-6H3. The van der Waals surface area contributed by atoms with Crippen molar-refractivity contribution in [3.05, 3.63) is 28.2 Å². The lowest BCUT2D eigenvalue weighted by atomic mass is 10.1. The van der Waals surface area contributed by atoms with Crippen LogP contribution in [0.5, 0.6) is 0 Å². The number of nitrogens with zero attached hydrogens (tertiary/aromatic N) is 1. The van der Waals surface area contributed by atoms with Crippen LogP contribution < -0.4 is 10.2 Å². The van der Waals surface area contributed by atoms with Crippen molar-refractivity contribution < 1.29 is 0 Å². The van der Waals surface area contributed by atoms with E-state index >= 15 is 0 Å². The minimum absolute atomic E-state index is 0.145. The zero-order valence-corrected chi connectivity index (χ0v) is 15.3. The van der Waals surface area contributed by atoms with Crippen LogP contribution in [-0.4, -0.2) is 19.1 Å². The van der Waals surface area contributed by atoms with Crippen LogP contribution in [0.3, 0.4) is 0 Å². The fraction of sp³-hybridized carbons (Fsp3) is 0.647. The second kappa shape index (κ2) is 7.46. The molecular weight excluding hydrogens is 312 g/mol. The molecule has 0 radical (unpaired) electrons. The Bertz CT molecular complexity index is 421. The topological polar surface area (TPSA) is 15.3 Å². The Morgan fingerprint density at radius 2 is 1.90 bits per heavy atom. The normalized spacial score (nSPS) is 12.0. The van der Waals surface area contributed by atoms with E-state index in [2.05, 4.69) is 86.0 Å². The van der Waals surface area contributed by atoms with E-state index in [1.54, 1.807) is 0 Å². The zero-order chi connectivity index (χ0) is 15.3. The molecule has 0 saturated carbocycles. The van der Waals surface area contributed by atoms with Crippen molar-refractivity contribution in [2.45, 2.75) is 53.1 Å². The van der Waals surface area contributed by atoms with Gasteiger partial charge in [0.15, 0.2) is 0 Å². The monoisotopic (exact) mass is 340 g/mol. The Labute approximate surface area is 133 Å². The lowest BCUT2D eigenvalue weighted by Gasteiger charge is -2.23. The number of hydrogen-bond acceptors (Lipinski definition) is 2. The SMILES string of the molecule is CC(C)CCN(C)c1ccc(CNC(C)(C)C)c(Br)c1. The summed E-state index contributed by atoms with van der Waals surface area (Å²) < 4.78 is 1.18. The molecule has 0 aliphatic carbocycles. The minimum atomic E-state index is 0.145. The Balaban J connectivity index is 2.67. The molecule has 0 atom stereocenters. The van der Waals surface area contributed by atoms with Gasteiger partial charge in [-0.15, -0.1) is 0 Å². The van der Waals surface area contributed by atoms with Gasteiger partial charge in [-0.2, -0.15) is 0 Å². The predicted molar refractivity (Wildman–Crippen MR) is 93.5 cm³/mol. The number of hydrogen-bond donors (Lipinski definition) is 1. The van der Waals surface area contributed by atoms with Gasteiger partial charge in [-0.1, -0.05) is 35.8 Å². The first-order chi connectivity index (χ1) is 9.19. The lowest BCUT2D eigenvalue weighted by Crippen LogP contribution is -2.35. The number of nitrogens with one attached hydrogen (secondary N) is 1. The molecule has 0 unspecified atom stereocenters. The summed E-state index contributed by atoms with van der Waals surface area (Å²) in [4.78, 5) is 2.33. The summed E-state index contributed by atoms with van der Waals surface area (Å²) in [5.74, 6) is 0.746. The van der Waals surface area contributed by atoms with Gasteiger partial charge in [0.05, 0.1) is 0 Å². The summed E-state index contributed by atoms with van der Waals surface area (Å²) in [6.07, 6.45) is 1.22. The van der Waals surface area contributed by atoms with Crippen molar-refractivity contribution in [3.63, 3.8) is 0 Å². The molecule has 0 aliphatic rings. The Morgan fingerprint density at radius 1 is 1.25 bits per heavy atom. The minimum Gasteiger partial charge on any atom is -0.375 e. The van der Waals surface area contributed by atoms with Crippen molar-refractivity contribution in [2.75, 3.05) is 18.5 Å². The summed E-state index contributed by atoms with van der Waals surface area (Å²) >= 11 is 3.70. The molecule has 0 saturated heterocycles. The summed E-state index contributed by atoms with van der Waals surface area (Å²) in [6.45, 7) is 13.1. The lowest BCUT2D eigenvalue weighted by molar-refractivity contribution is 0.424. The molecule has 1 aromatic carbocycles. The highest BCUT2D eigenvalue weighted by atomic mass is 79.9. The maximum Gasteiger partial charge on any atom is 0.0375 e. The molecule has 20 heavy (non-hydrogen) atoms. The molecule has 0 amide bonds. The maximum atomic E-state index is 3.70. The van der Waals surface area contributed by atoms with Crippen LogP contribution >= 0.6 is 15.9 Å². The molecule has 0 bridgehead atoms. The molecular formula is C17H29BrN2. The second-order valence-electron chi connectivity index (χ2n) is 6.98. The van der Waals surface area contributed by atoms with Gasteiger partial charge in [-0.3, -0.25) is 0 Å². The number of benzene rings is 1. The number of halogens is 1. The summed E-state index contributed by atoms with van der Waals surface area (Å²) in [7, 11) is 2.16. The van der Waals surface area contributed by atoms with Gasteiger partial charge in [0.1, 0.15) is 0 Å². The first-order valence-electron chi connectivity index (χ1n) is 7.43. The van der Waals surface area contributed by atoms with Crippen molar-refractivity contribution in [2.24, 2.45) is 5.92 Å². The summed E-state index contributed by atoms with van der Waals surface area (Å²) in [5.41, 5.74) is 2.73. The first-order valence-corrected chi connectivity index (χ1v) is 8.23. The maximum absolute atomic E-state index is 3.70. The third-order valence-corrected chi connectivity index (χ3v) is 4.07. The van der Waals surface area contributed by atoms with E-state index in [0.29, 0.717) is 0 Å². The van der Waals surface area contributed by atoms with Crippen LogP contribution in [0.15, 0.2) is 22.7 Å². The Kier molecular flexibility index (Phi) is 6.53. The van der Waals surface area contributed by atoms with Gasteiger partial charge in [0.25, 0.3) is 0 Å². The highest BCUT2D eigenvalue weighted by molar-refractivity contribution is 9.10. The average Bonchev–Trinajstić information content (AvgIpc) is 2.33. The molecule has 2 nitrogen and oxygen atoms in total. The van der Waals surface area contributed by atoms with Gasteiger partial charge in [0, 0.05) is 35.8 Å². The summed E-state index contributed by atoms with van der Waals surface area (Å²) in [6, 6.07) is 6.65. The van der Waals surface area contributed by atoms with Gasteiger partial charge < -0.3 is 10.2 Å². The fourth-order valence-electron chi connectivity index (χ4n) is 1.86.